The van der Waals surface area contributed by atoms with Crippen LogP contribution < -0.4 is 0 Å². The minimum absolute atomic E-state index is 0.433. The molecule has 1 atom stereocenters. The Hall–Kier alpha value is -1.40. The number of aromatic nitrogens is 2. The lowest BCUT2D eigenvalue weighted by Crippen LogP contribution is -2.45. The van der Waals surface area contributed by atoms with Gasteiger partial charge in [0.25, 0.3) is 0 Å². The third-order valence-electron chi connectivity index (χ3n) is 3.20. The molecule has 1 saturated heterocycles. The van der Waals surface area contributed by atoms with E-state index in [-0.39, 0.29) is 0 Å². The molecule has 0 spiro atoms. The molecule has 0 amide bonds. The second-order valence-corrected chi connectivity index (χ2v) is 4.54. The standard InChI is InChI=1S/C12H19N3O3/c1-3-9-6-10(14(2)13-9)7-15-4-5-18-11(8-15)12(16)17/h6,11H,3-5,7-8H2,1-2H3,(H,16,17). The maximum atomic E-state index is 10.9. The van der Waals surface area contributed by atoms with Gasteiger partial charge in [0.15, 0.2) is 6.10 Å². The molecule has 100 valence electrons. The fourth-order valence-corrected chi connectivity index (χ4v) is 2.12. The van der Waals surface area contributed by atoms with Crippen LogP contribution in [0.4, 0.5) is 0 Å². The highest BCUT2D eigenvalue weighted by molar-refractivity contribution is 5.72. The Labute approximate surface area is 106 Å². The van der Waals surface area contributed by atoms with E-state index in [0.717, 1.165) is 30.9 Å². The molecule has 0 saturated carbocycles. The van der Waals surface area contributed by atoms with Crippen LogP contribution in [0.25, 0.3) is 0 Å². The molecule has 1 aliphatic rings. The topological polar surface area (TPSA) is 67.6 Å². The van der Waals surface area contributed by atoms with Gasteiger partial charge >= 0.3 is 5.97 Å². The van der Waals surface area contributed by atoms with Crippen LogP contribution in [0.2, 0.25) is 0 Å². The van der Waals surface area contributed by atoms with Gasteiger partial charge in [-0.2, -0.15) is 5.10 Å². The fourth-order valence-electron chi connectivity index (χ4n) is 2.12. The lowest BCUT2D eigenvalue weighted by atomic mass is 10.2. The quantitative estimate of drug-likeness (QED) is 0.834. The Balaban J connectivity index is 2.00. The summed E-state index contributed by atoms with van der Waals surface area (Å²) in [6.45, 7) is 4.45. The van der Waals surface area contributed by atoms with Crippen molar-refractivity contribution >= 4 is 5.97 Å². The van der Waals surface area contributed by atoms with Crippen molar-refractivity contribution in [2.75, 3.05) is 19.7 Å². The minimum atomic E-state index is -0.890. The molecule has 1 aromatic rings. The summed E-state index contributed by atoms with van der Waals surface area (Å²) in [5.41, 5.74) is 2.17. The zero-order chi connectivity index (χ0) is 13.1. The van der Waals surface area contributed by atoms with Gasteiger partial charge in [0.2, 0.25) is 0 Å². The number of carbonyl (C=O) groups is 1. The molecule has 0 aliphatic carbocycles. The number of aliphatic carboxylic acids is 1. The molecule has 1 aliphatic heterocycles. The Kier molecular flexibility index (Phi) is 3.98. The second kappa shape index (κ2) is 5.49. The molecule has 1 fully saturated rings. The highest BCUT2D eigenvalue weighted by atomic mass is 16.5. The number of aryl methyl sites for hydroxylation is 2. The lowest BCUT2D eigenvalue weighted by Gasteiger charge is -2.30. The van der Waals surface area contributed by atoms with E-state index >= 15 is 0 Å². The van der Waals surface area contributed by atoms with Crippen molar-refractivity contribution in [3.8, 4) is 0 Å². The largest absolute Gasteiger partial charge is 0.479 e. The normalized spacial score (nSPS) is 21.1. The van der Waals surface area contributed by atoms with Crippen LogP contribution in [0.1, 0.15) is 18.3 Å². The van der Waals surface area contributed by atoms with E-state index < -0.39 is 12.1 Å². The van der Waals surface area contributed by atoms with E-state index in [9.17, 15) is 4.79 Å². The zero-order valence-corrected chi connectivity index (χ0v) is 10.8. The van der Waals surface area contributed by atoms with Crippen molar-refractivity contribution in [3.05, 3.63) is 17.5 Å². The predicted molar refractivity (Wildman–Crippen MR) is 65.2 cm³/mol. The SMILES string of the molecule is CCc1cc(CN2CCOC(C(=O)O)C2)n(C)n1. The molecule has 6 nitrogen and oxygen atoms in total. The smallest absolute Gasteiger partial charge is 0.334 e. The van der Waals surface area contributed by atoms with Crippen molar-refractivity contribution in [2.45, 2.75) is 26.0 Å². The Morgan fingerprint density at radius 3 is 3.06 bits per heavy atom. The Morgan fingerprint density at radius 1 is 1.67 bits per heavy atom. The van der Waals surface area contributed by atoms with Gasteiger partial charge in [-0.1, -0.05) is 6.92 Å². The molecule has 2 heterocycles. The molecule has 0 bridgehead atoms. The molecular formula is C12H19N3O3. The van der Waals surface area contributed by atoms with E-state index in [1.54, 1.807) is 0 Å². The van der Waals surface area contributed by atoms with Crippen molar-refractivity contribution in [1.29, 1.82) is 0 Å². The van der Waals surface area contributed by atoms with E-state index in [1.165, 1.54) is 0 Å². The van der Waals surface area contributed by atoms with Crippen LogP contribution in [-0.4, -0.2) is 51.6 Å². The number of rotatable bonds is 4. The summed E-state index contributed by atoms with van der Waals surface area (Å²) in [6.07, 6.45) is 0.201. The number of carboxylic acids is 1. The van der Waals surface area contributed by atoms with Crippen molar-refractivity contribution in [1.82, 2.24) is 14.7 Å². The number of morpholine rings is 1. The molecule has 1 aromatic heterocycles. The first-order chi connectivity index (χ1) is 8.60. The van der Waals surface area contributed by atoms with Gasteiger partial charge in [-0.25, -0.2) is 4.79 Å². The van der Waals surface area contributed by atoms with Gasteiger partial charge < -0.3 is 9.84 Å². The summed E-state index contributed by atoms with van der Waals surface area (Å²) < 4.78 is 7.07. The Bertz CT molecular complexity index is 430. The molecule has 1 N–H and O–H groups in total. The first kappa shape index (κ1) is 13.0. The van der Waals surface area contributed by atoms with Crippen molar-refractivity contribution in [3.63, 3.8) is 0 Å². The van der Waals surface area contributed by atoms with Gasteiger partial charge in [0, 0.05) is 26.7 Å². The number of nitrogens with zero attached hydrogens (tertiary/aromatic N) is 3. The second-order valence-electron chi connectivity index (χ2n) is 4.54. The third-order valence-corrected chi connectivity index (χ3v) is 3.20. The van der Waals surface area contributed by atoms with Gasteiger partial charge in [-0.3, -0.25) is 9.58 Å². The van der Waals surface area contributed by atoms with E-state index in [4.69, 9.17) is 9.84 Å². The molecule has 2 rings (SSSR count). The van der Waals surface area contributed by atoms with Gasteiger partial charge in [0.05, 0.1) is 18.0 Å². The van der Waals surface area contributed by atoms with Crippen molar-refractivity contribution in [2.24, 2.45) is 7.05 Å². The van der Waals surface area contributed by atoms with Gasteiger partial charge in [-0.15, -0.1) is 0 Å². The van der Waals surface area contributed by atoms with Gasteiger partial charge in [-0.05, 0) is 12.5 Å². The number of hydrogen-bond acceptors (Lipinski definition) is 4. The van der Waals surface area contributed by atoms with E-state index in [2.05, 4.69) is 23.0 Å². The molecule has 0 radical (unpaired) electrons. The summed E-state index contributed by atoms with van der Waals surface area (Å²) in [7, 11) is 1.92. The van der Waals surface area contributed by atoms with Gasteiger partial charge in [0.1, 0.15) is 0 Å². The average Bonchev–Trinajstić information content (AvgIpc) is 2.70. The summed E-state index contributed by atoms with van der Waals surface area (Å²) in [6, 6.07) is 2.07. The van der Waals surface area contributed by atoms with Crippen molar-refractivity contribution < 1.29 is 14.6 Å². The van der Waals surface area contributed by atoms with Crippen LogP contribution in [0, 0.1) is 0 Å². The molecule has 0 aromatic carbocycles. The van der Waals surface area contributed by atoms with Crippen LogP contribution in [0.15, 0.2) is 6.07 Å². The lowest BCUT2D eigenvalue weighted by molar-refractivity contribution is -0.156. The first-order valence-corrected chi connectivity index (χ1v) is 6.18. The monoisotopic (exact) mass is 253 g/mol. The number of ether oxygens (including phenoxy) is 1. The summed E-state index contributed by atoms with van der Waals surface area (Å²) in [4.78, 5) is 13.0. The third kappa shape index (κ3) is 2.88. The number of hydrogen-bond donors (Lipinski definition) is 1. The van der Waals surface area contributed by atoms with E-state index in [0.29, 0.717) is 13.2 Å². The molecule has 6 heteroatoms. The predicted octanol–water partition coefficient (Wildman–Crippen LogP) is 0.268. The maximum absolute atomic E-state index is 10.9. The van der Waals surface area contributed by atoms with E-state index in [1.807, 2.05) is 11.7 Å². The van der Waals surface area contributed by atoms with Crippen LogP contribution in [0.3, 0.4) is 0 Å². The summed E-state index contributed by atoms with van der Waals surface area (Å²) >= 11 is 0. The summed E-state index contributed by atoms with van der Waals surface area (Å²) in [5.74, 6) is -0.890. The van der Waals surface area contributed by atoms with Crippen LogP contribution in [-0.2, 0) is 29.5 Å². The highest BCUT2D eigenvalue weighted by Gasteiger charge is 2.26. The molecular weight excluding hydrogens is 234 g/mol. The fraction of sp³-hybridized carbons (Fsp3) is 0.667. The highest BCUT2D eigenvalue weighted by Crippen LogP contribution is 2.12. The summed E-state index contributed by atoms with van der Waals surface area (Å²) in [5, 5.41) is 13.3. The minimum Gasteiger partial charge on any atom is -0.479 e. The zero-order valence-electron chi connectivity index (χ0n) is 10.8. The van der Waals surface area contributed by atoms with Crippen LogP contribution >= 0.6 is 0 Å². The average molecular weight is 253 g/mol. The molecule has 18 heavy (non-hydrogen) atoms. The molecule has 1 unspecified atom stereocenters. The number of carboxylic acid groups (broad SMARTS) is 1. The maximum Gasteiger partial charge on any atom is 0.334 e. The first-order valence-electron chi connectivity index (χ1n) is 6.18. The van der Waals surface area contributed by atoms with Crippen LogP contribution in [0.5, 0.6) is 0 Å². The Morgan fingerprint density at radius 2 is 2.44 bits per heavy atom.